The molecule has 0 saturated carbocycles. The zero-order valence-corrected chi connectivity index (χ0v) is 16.0. The number of pyridine rings is 1. The van der Waals surface area contributed by atoms with E-state index in [0.29, 0.717) is 0 Å². The molecule has 6 nitrogen and oxygen atoms in total. The number of hydrogen-bond acceptors (Lipinski definition) is 7. The van der Waals surface area contributed by atoms with Crippen LogP contribution in [0.4, 0.5) is 10.8 Å². The molecule has 0 radical (unpaired) electrons. The largest absolute Gasteiger partial charge is 0.495 e. The standard InChI is InChI=1S/C18H17N5OS2/c1-12-6-5-9-23-10-13(19-16(12)23)11-25-18-22-21-17(26-18)20-14-7-3-4-8-15(14)24-2/h3-10H,11H2,1-2H3,(H,20,21). The number of benzene rings is 1. The van der Waals surface area contributed by atoms with Crippen LogP contribution in [0.25, 0.3) is 5.65 Å². The van der Waals surface area contributed by atoms with Crippen LogP contribution < -0.4 is 10.1 Å². The Morgan fingerprint density at radius 3 is 2.92 bits per heavy atom. The lowest BCUT2D eigenvalue weighted by Crippen LogP contribution is -1.93. The number of anilines is 2. The topological polar surface area (TPSA) is 64.3 Å². The Morgan fingerprint density at radius 1 is 1.19 bits per heavy atom. The van der Waals surface area contributed by atoms with Crippen molar-refractivity contribution >= 4 is 39.6 Å². The number of aromatic nitrogens is 4. The first-order valence-corrected chi connectivity index (χ1v) is 9.82. The molecule has 3 heterocycles. The summed E-state index contributed by atoms with van der Waals surface area (Å²) >= 11 is 3.15. The number of nitrogens with one attached hydrogen (secondary N) is 1. The number of fused-ring (bicyclic) bond motifs is 1. The number of thioether (sulfide) groups is 1. The molecular formula is C18H17N5OS2. The molecule has 3 aromatic heterocycles. The second-order valence-electron chi connectivity index (χ2n) is 5.64. The van der Waals surface area contributed by atoms with Gasteiger partial charge in [-0.05, 0) is 30.7 Å². The third-order valence-electron chi connectivity index (χ3n) is 3.83. The third-order valence-corrected chi connectivity index (χ3v) is 5.83. The molecule has 1 aromatic carbocycles. The number of methoxy groups -OCH3 is 1. The Kier molecular flexibility index (Phi) is 4.77. The van der Waals surface area contributed by atoms with E-state index < -0.39 is 0 Å². The minimum absolute atomic E-state index is 0.739. The molecule has 1 N–H and O–H groups in total. The highest BCUT2D eigenvalue weighted by molar-refractivity contribution is 8.00. The minimum atomic E-state index is 0.739. The molecule has 0 unspecified atom stereocenters. The van der Waals surface area contributed by atoms with E-state index >= 15 is 0 Å². The van der Waals surface area contributed by atoms with E-state index in [2.05, 4.69) is 39.1 Å². The van der Waals surface area contributed by atoms with E-state index in [1.807, 2.05) is 36.5 Å². The monoisotopic (exact) mass is 383 g/mol. The smallest absolute Gasteiger partial charge is 0.210 e. The van der Waals surface area contributed by atoms with Crippen molar-refractivity contribution in [2.45, 2.75) is 17.0 Å². The van der Waals surface area contributed by atoms with Gasteiger partial charge in [-0.1, -0.05) is 41.3 Å². The van der Waals surface area contributed by atoms with Gasteiger partial charge in [0.05, 0.1) is 18.5 Å². The Bertz CT molecular complexity index is 1040. The highest BCUT2D eigenvalue weighted by atomic mass is 32.2. The summed E-state index contributed by atoms with van der Waals surface area (Å²) in [4.78, 5) is 4.69. The van der Waals surface area contributed by atoms with Gasteiger partial charge >= 0.3 is 0 Å². The van der Waals surface area contributed by atoms with Crippen LogP contribution in [-0.4, -0.2) is 26.7 Å². The third kappa shape index (κ3) is 3.51. The van der Waals surface area contributed by atoms with Crippen molar-refractivity contribution in [1.82, 2.24) is 19.6 Å². The molecule has 132 valence electrons. The summed E-state index contributed by atoms with van der Waals surface area (Å²) in [6.45, 7) is 2.07. The van der Waals surface area contributed by atoms with Crippen LogP contribution in [0.15, 0.2) is 53.1 Å². The molecule has 0 spiro atoms. The molecule has 0 amide bonds. The van der Waals surface area contributed by atoms with E-state index in [4.69, 9.17) is 9.72 Å². The van der Waals surface area contributed by atoms with Gasteiger partial charge in [-0.15, -0.1) is 10.2 Å². The van der Waals surface area contributed by atoms with E-state index in [0.717, 1.165) is 38.0 Å². The van der Waals surface area contributed by atoms with Crippen molar-refractivity contribution in [3.63, 3.8) is 0 Å². The molecule has 0 bridgehead atoms. The summed E-state index contributed by atoms with van der Waals surface area (Å²) in [6.07, 6.45) is 4.08. The van der Waals surface area contributed by atoms with Gasteiger partial charge in [0.15, 0.2) is 4.34 Å². The van der Waals surface area contributed by atoms with Gasteiger partial charge in [-0.2, -0.15) is 0 Å². The average molecular weight is 384 g/mol. The fourth-order valence-electron chi connectivity index (χ4n) is 2.59. The summed E-state index contributed by atoms with van der Waals surface area (Å²) in [5.74, 6) is 1.53. The molecule has 4 aromatic rings. The maximum absolute atomic E-state index is 5.35. The van der Waals surface area contributed by atoms with Crippen LogP contribution >= 0.6 is 23.1 Å². The quantitative estimate of drug-likeness (QED) is 0.493. The number of rotatable bonds is 6. The predicted molar refractivity (Wildman–Crippen MR) is 106 cm³/mol. The first-order valence-electron chi connectivity index (χ1n) is 8.02. The van der Waals surface area contributed by atoms with Gasteiger partial charge in [-0.3, -0.25) is 0 Å². The van der Waals surface area contributed by atoms with Gasteiger partial charge in [0.2, 0.25) is 5.13 Å². The molecule has 0 aliphatic carbocycles. The second kappa shape index (κ2) is 7.35. The molecule has 8 heteroatoms. The Labute approximate surface area is 159 Å². The lowest BCUT2D eigenvalue weighted by molar-refractivity contribution is 0.417. The van der Waals surface area contributed by atoms with Gasteiger partial charge in [0.1, 0.15) is 11.4 Å². The normalized spacial score (nSPS) is 11.0. The molecule has 26 heavy (non-hydrogen) atoms. The highest BCUT2D eigenvalue weighted by Crippen LogP contribution is 2.32. The van der Waals surface area contributed by atoms with Crippen molar-refractivity contribution in [2.75, 3.05) is 12.4 Å². The van der Waals surface area contributed by atoms with E-state index in [1.165, 1.54) is 16.9 Å². The fourth-order valence-corrected chi connectivity index (χ4v) is 4.24. The second-order valence-corrected chi connectivity index (χ2v) is 7.84. The minimum Gasteiger partial charge on any atom is -0.495 e. The Balaban J connectivity index is 1.44. The first kappa shape index (κ1) is 16.9. The Morgan fingerprint density at radius 2 is 2.08 bits per heavy atom. The average Bonchev–Trinajstić information content (AvgIpc) is 3.28. The summed E-state index contributed by atoms with van der Waals surface area (Å²) in [5.41, 5.74) is 4.07. The van der Waals surface area contributed by atoms with Crippen LogP contribution in [0.2, 0.25) is 0 Å². The summed E-state index contributed by atoms with van der Waals surface area (Å²) in [7, 11) is 1.65. The van der Waals surface area contributed by atoms with Crippen LogP contribution in [0.1, 0.15) is 11.3 Å². The van der Waals surface area contributed by atoms with Gasteiger partial charge in [-0.25, -0.2) is 4.98 Å². The van der Waals surface area contributed by atoms with Crippen molar-refractivity contribution < 1.29 is 4.74 Å². The number of aryl methyl sites for hydroxylation is 1. The van der Waals surface area contributed by atoms with Gasteiger partial charge in [0.25, 0.3) is 0 Å². The van der Waals surface area contributed by atoms with Crippen LogP contribution in [0, 0.1) is 6.92 Å². The van der Waals surface area contributed by atoms with E-state index in [1.54, 1.807) is 18.9 Å². The van der Waals surface area contributed by atoms with Crippen molar-refractivity contribution in [3.05, 3.63) is 60.0 Å². The van der Waals surface area contributed by atoms with Crippen LogP contribution in [-0.2, 0) is 5.75 Å². The predicted octanol–water partition coefficient (Wildman–Crippen LogP) is 4.54. The van der Waals surface area contributed by atoms with Crippen LogP contribution in [0.3, 0.4) is 0 Å². The highest BCUT2D eigenvalue weighted by Gasteiger charge is 2.10. The molecule has 4 rings (SSSR count). The van der Waals surface area contributed by atoms with Crippen molar-refractivity contribution in [3.8, 4) is 5.75 Å². The number of nitrogens with zero attached hydrogens (tertiary/aromatic N) is 4. The maximum Gasteiger partial charge on any atom is 0.210 e. The molecule has 0 saturated heterocycles. The summed E-state index contributed by atoms with van der Waals surface area (Å²) < 4.78 is 8.30. The SMILES string of the molecule is COc1ccccc1Nc1nnc(SCc2cn3cccc(C)c3n2)s1. The number of ether oxygens (including phenoxy) is 1. The lowest BCUT2D eigenvalue weighted by Gasteiger charge is -2.07. The lowest BCUT2D eigenvalue weighted by atomic mass is 10.3. The summed E-state index contributed by atoms with van der Waals surface area (Å²) in [6, 6.07) is 11.8. The molecule has 0 fully saturated rings. The molecule has 0 aliphatic heterocycles. The van der Waals surface area contributed by atoms with Gasteiger partial charge in [0, 0.05) is 18.1 Å². The van der Waals surface area contributed by atoms with E-state index in [9.17, 15) is 0 Å². The van der Waals surface area contributed by atoms with Crippen LogP contribution in [0.5, 0.6) is 5.75 Å². The first-order chi connectivity index (χ1) is 12.7. The zero-order chi connectivity index (χ0) is 17.9. The fraction of sp³-hybridized carbons (Fsp3) is 0.167. The van der Waals surface area contributed by atoms with Gasteiger partial charge < -0.3 is 14.5 Å². The Hall–Kier alpha value is -2.58. The number of imidazole rings is 1. The van der Waals surface area contributed by atoms with E-state index in [-0.39, 0.29) is 0 Å². The molecule has 0 aliphatic rings. The number of para-hydroxylation sites is 2. The zero-order valence-electron chi connectivity index (χ0n) is 14.3. The molecule has 0 atom stereocenters. The maximum atomic E-state index is 5.35. The van der Waals surface area contributed by atoms with Crippen molar-refractivity contribution in [1.29, 1.82) is 0 Å². The molecular weight excluding hydrogens is 366 g/mol. The number of hydrogen-bond donors (Lipinski definition) is 1. The summed E-state index contributed by atoms with van der Waals surface area (Å²) in [5, 5.41) is 12.5. The van der Waals surface area contributed by atoms with Crippen molar-refractivity contribution in [2.24, 2.45) is 0 Å².